The number of carboxylic acids is 1. The summed E-state index contributed by atoms with van der Waals surface area (Å²) in [5.41, 5.74) is 1.79. The first-order chi connectivity index (χ1) is 9.54. The van der Waals surface area contributed by atoms with Crippen molar-refractivity contribution in [2.45, 2.75) is 45.6 Å². The second-order valence-electron chi connectivity index (χ2n) is 5.46. The number of hydrogen-bond acceptors (Lipinski definition) is 4. The van der Waals surface area contributed by atoms with Crippen molar-refractivity contribution in [2.24, 2.45) is 0 Å². The third-order valence-electron chi connectivity index (χ3n) is 3.90. The van der Waals surface area contributed by atoms with E-state index in [1.807, 2.05) is 11.8 Å². The predicted octanol–water partition coefficient (Wildman–Crippen LogP) is 2.14. The Morgan fingerprint density at radius 3 is 2.80 bits per heavy atom. The van der Waals surface area contributed by atoms with E-state index in [9.17, 15) is 15.0 Å². The molecule has 0 bridgehead atoms. The topological polar surface area (TPSA) is 73.7 Å². The number of hydrogen-bond donors (Lipinski definition) is 2. The number of carboxylic acid groups (broad SMARTS) is 1. The average Bonchev–Trinajstić information content (AvgIpc) is 2.61. The zero-order chi connectivity index (χ0) is 14.7. The summed E-state index contributed by atoms with van der Waals surface area (Å²) >= 11 is 0. The number of aryl methyl sites for hydroxylation is 2. The number of anilines is 1. The zero-order valence-electron chi connectivity index (χ0n) is 12.1. The van der Waals surface area contributed by atoms with E-state index in [0.29, 0.717) is 5.82 Å². The monoisotopic (exact) mass is 278 g/mol. The Morgan fingerprint density at radius 1 is 1.40 bits per heavy atom. The minimum atomic E-state index is -0.953. The van der Waals surface area contributed by atoms with Gasteiger partial charge in [0.05, 0.1) is 12.6 Å². The van der Waals surface area contributed by atoms with Crippen LogP contribution < -0.4 is 4.90 Å². The van der Waals surface area contributed by atoms with E-state index in [1.54, 1.807) is 13.0 Å². The number of aliphatic hydroxyl groups excluding tert-OH is 1. The molecule has 1 aromatic rings. The fourth-order valence-corrected chi connectivity index (χ4v) is 2.94. The molecule has 0 spiro atoms. The molecule has 1 aliphatic rings. The molecule has 0 aromatic carbocycles. The second-order valence-corrected chi connectivity index (χ2v) is 5.46. The van der Waals surface area contributed by atoms with Crippen molar-refractivity contribution in [1.82, 2.24) is 4.98 Å². The molecule has 1 unspecified atom stereocenters. The number of nitrogens with zero attached hydrogens (tertiary/aromatic N) is 2. The molecule has 5 heteroatoms. The molecule has 0 amide bonds. The molecule has 1 saturated heterocycles. The van der Waals surface area contributed by atoms with Crippen molar-refractivity contribution in [3.63, 3.8) is 0 Å². The summed E-state index contributed by atoms with van der Waals surface area (Å²) in [6.07, 6.45) is 4.06. The van der Waals surface area contributed by atoms with Crippen molar-refractivity contribution in [3.05, 3.63) is 22.9 Å². The van der Waals surface area contributed by atoms with Gasteiger partial charge in [0, 0.05) is 12.2 Å². The molecular weight excluding hydrogens is 256 g/mol. The van der Waals surface area contributed by atoms with Gasteiger partial charge in [0.2, 0.25) is 0 Å². The normalized spacial score (nSPS) is 19.8. The molecule has 5 nitrogen and oxygen atoms in total. The van der Waals surface area contributed by atoms with E-state index >= 15 is 0 Å². The van der Waals surface area contributed by atoms with E-state index in [-0.39, 0.29) is 18.2 Å². The van der Waals surface area contributed by atoms with E-state index in [0.717, 1.165) is 43.5 Å². The minimum Gasteiger partial charge on any atom is -0.478 e. The van der Waals surface area contributed by atoms with E-state index in [4.69, 9.17) is 0 Å². The summed E-state index contributed by atoms with van der Waals surface area (Å²) in [4.78, 5) is 18.0. The highest BCUT2D eigenvalue weighted by molar-refractivity contribution is 5.95. The first-order valence-electron chi connectivity index (χ1n) is 7.13. The molecule has 1 aromatic heterocycles. The van der Waals surface area contributed by atoms with Crippen molar-refractivity contribution >= 4 is 11.8 Å². The smallest absolute Gasteiger partial charge is 0.339 e. The molecular formula is C15H22N2O3. The Labute approximate surface area is 119 Å². The molecule has 2 rings (SSSR count). The van der Waals surface area contributed by atoms with Crippen LogP contribution in [0.3, 0.4) is 0 Å². The highest BCUT2D eigenvalue weighted by atomic mass is 16.4. The second kappa shape index (κ2) is 6.22. The minimum absolute atomic E-state index is 0.0354. The van der Waals surface area contributed by atoms with Gasteiger partial charge in [-0.25, -0.2) is 9.78 Å². The number of aromatic nitrogens is 1. The van der Waals surface area contributed by atoms with Crippen LogP contribution in [0.2, 0.25) is 0 Å². The van der Waals surface area contributed by atoms with Gasteiger partial charge in [-0.05, 0) is 38.3 Å². The van der Waals surface area contributed by atoms with Crippen LogP contribution in [0, 0.1) is 13.8 Å². The fraction of sp³-hybridized carbons (Fsp3) is 0.600. The Hall–Kier alpha value is -1.62. The van der Waals surface area contributed by atoms with E-state index in [2.05, 4.69) is 4.98 Å². The van der Waals surface area contributed by atoms with Gasteiger partial charge in [-0.3, -0.25) is 0 Å². The van der Waals surface area contributed by atoms with Crippen molar-refractivity contribution in [1.29, 1.82) is 0 Å². The number of pyridine rings is 1. The van der Waals surface area contributed by atoms with Gasteiger partial charge in [-0.15, -0.1) is 0 Å². The molecule has 0 saturated carbocycles. The number of rotatable bonds is 3. The van der Waals surface area contributed by atoms with Crippen molar-refractivity contribution in [3.8, 4) is 0 Å². The third-order valence-corrected chi connectivity index (χ3v) is 3.90. The summed E-state index contributed by atoms with van der Waals surface area (Å²) in [5.74, 6) is -0.443. The quantitative estimate of drug-likeness (QED) is 0.886. The summed E-state index contributed by atoms with van der Waals surface area (Å²) < 4.78 is 0. The summed E-state index contributed by atoms with van der Waals surface area (Å²) in [5, 5.41) is 19.1. The summed E-state index contributed by atoms with van der Waals surface area (Å²) in [6, 6.07) is 1.75. The van der Waals surface area contributed by atoms with Crippen molar-refractivity contribution < 1.29 is 15.0 Å². The van der Waals surface area contributed by atoms with Gasteiger partial charge >= 0.3 is 5.97 Å². The van der Waals surface area contributed by atoms with Gasteiger partial charge in [0.25, 0.3) is 0 Å². The Balaban J connectivity index is 2.50. The number of aliphatic hydroxyl groups is 1. The lowest BCUT2D eigenvalue weighted by Crippen LogP contribution is -2.39. The summed E-state index contributed by atoms with van der Waals surface area (Å²) in [6.45, 7) is 4.45. The van der Waals surface area contributed by atoms with Crippen LogP contribution in [0.25, 0.3) is 0 Å². The Bertz CT molecular complexity index is 502. The molecule has 2 N–H and O–H groups in total. The average molecular weight is 278 g/mol. The maximum absolute atomic E-state index is 11.5. The van der Waals surface area contributed by atoms with Gasteiger partial charge in [0.1, 0.15) is 11.4 Å². The van der Waals surface area contributed by atoms with Crippen LogP contribution in [-0.4, -0.2) is 40.4 Å². The highest BCUT2D eigenvalue weighted by Gasteiger charge is 2.27. The SMILES string of the molecule is Cc1cc(C)c(C(=O)O)c(N2CCCCCC2CO)n1. The first-order valence-corrected chi connectivity index (χ1v) is 7.13. The molecule has 1 aliphatic heterocycles. The Morgan fingerprint density at radius 2 is 2.15 bits per heavy atom. The van der Waals surface area contributed by atoms with Crippen molar-refractivity contribution in [2.75, 3.05) is 18.1 Å². The Kier molecular flexibility index (Phi) is 4.60. The first kappa shape index (κ1) is 14.8. The predicted molar refractivity (Wildman–Crippen MR) is 77.4 cm³/mol. The molecule has 0 aliphatic carbocycles. The van der Waals surface area contributed by atoms with Gasteiger partial charge in [0.15, 0.2) is 0 Å². The van der Waals surface area contributed by atoms with E-state index in [1.165, 1.54) is 0 Å². The largest absolute Gasteiger partial charge is 0.478 e. The van der Waals surface area contributed by atoms with Crippen LogP contribution in [-0.2, 0) is 0 Å². The highest BCUT2D eigenvalue weighted by Crippen LogP contribution is 2.28. The van der Waals surface area contributed by atoms with Gasteiger partial charge < -0.3 is 15.1 Å². The molecule has 110 valence electrons. The summed E-state index contributed by atoms with van der Waals surface area (Å²) in [7, 11) is 0. The lowest BCUT2D eigenvalue weighted by molar-refractivity contribution is 0.0696. The van der Waals surface area contributed by atoms with Gasteiger partial charge in [-0.2, -0.15) is 0 Å². The molecule has 1 fully saturated rings. The third kappa shape index (κ3) is 2.93. The standard InChI is InChI=1S/C15H22N2O3/c1-10-8-11(2)16-14(13(10)15(19)20)17-7-5-3-4-6-12(17)9-18/h8,12,18H,3-7,9H2,1-2H3,(H,19,20). The molecule has 2 heterocycles. The fourth-order valence-electron chi connectivity index (χ4n) is 2.94. The maximum atomic E-state index is 11.5. The van der Waals surface area contributed by atoms with Crippen LogP contribution in [0.15, 0.2) is 6.07 Å². The maximum Gasteiger partial charge on any atom is 0.339 e. The molecule has 1 atom stereocenters. The van der Waals surface area contributed by atoms with Crippen LogP contribution >= 0.6 is 0 Å². The van der Waals surface area contributed by atoms with Crippen LogP contribution in [0.5, 0.6) is 0 Å². The number of aromatic carboxylic acids is 1. The van der Waals surface area contributed by atoms with Crippen LogP contribution in [0.1, 0.15) is 47.3 Å². The van der Waals surface area contributed by atoms with Crippen LogP contribution in [0.4, 0.5) is 5.82 Å². The number of carbonyl (C=O) groups is 1. The molecule has 0 radical (unpaired) electrons. The molecule has 20 heavy (non-hydrogen) atoms. The van der Waals surface area contributed by atoms with Gasteiger partial charge in [-0.1, -0.05) is 12.8 Å². The lowest BCUT2D eigenvalue weighted by Gasteiger charge is -2.31. The zero-order valence-corrected chi connectivity index (χ0v) is 12.1. The van der Waals surface area contributed by atoms with E-state index < -0.39 is 5.97 Å². The lowest BCUT2D eigenvalue weighted by atomic mass is 10.1.